The Labute approximate surface area is 1080 Å². The number of carbonyl (C=O) groups excluding carboxylic acids is 8. The van der Waals surface area contributed by atoms with Gasteiger partial charge in [0, 0.05) is 6.61 Å². The van der Waals surface area contributed by atoms with Gasteiger partial charge < -0.3 is 189 Å². The first-order valence-electron chi connectivity index (χ1n) is 34.3. The monoisotopic (exact) mass is 2350 g/mol. The fraction of sp³-hybridized carbons (Fsp3) is 0.849. The van der Waals surface area contributed by atoms with E-state index in [1.807, 2.05) is 0 Å². The predicted molar refractivity (Wildman–Crippen MR) is 366 cm³/mol. The molecule has 19 N–H and O–H groups in total. The molecule has 8 aliphatic rings. The van der Waals surface area contributed by atoms with Crippen molar-refractivity contribution in [2.45, 2.75) is 240 Å². The molecule has 0 aliphatic carbocycles. The van der Waals surface area contributed by atoms with E-state index in [2.05, 4.69) is 16.7 Å². The molecule has 0 saturated carbocycles. The molecule has 764 valence electrons. The van der Waals surface area contributed by atoms with Crippen LogP contribution in [0.1, 0.15) is 19.3 Å². The fourth-order valence-electron chi connectivity index (χ4n) is 11.1. The van der Waals surface area contributed by atoms with Crippen molar-refractivity contribution < 1.29 is 654 Å². The van der Waals surface area contributed by atoms with Crippen molar-refractivity contribution in [3.63, 3.8) is 0 Å². The van der Waals surface area contributed by atoms with E-state index in [0.29, 0.717) is 45.6 Å². The molecule has 0 aromatic rings. The number of aliphatic hydroxyl groups excluding tert-OH is 13. The van der Waals surface area contributed by atoms with Crippen molar-refractivity contribution >= 4 is 109 Å². The molecule has 90 heteroatoms. The Bertz CT molecular complexity index is 4400. The number of rotatable bonds is 32. The van der Waals surface area contributed by atoms with Crippen LogP contribution in [0, 0.1) is 26.4 Å². The maximum Gasteiger partial charge on any atom is 1.00 e. The third-order valence-corrected chi connectivity index (χ3v) is 18.3. The third-order valence-electron chi connectivity index (χ3n) is 16.6. The van der Waals surface area contributed by atoms with Crippen LogP contribution in [0.2, 0.25) is 0 Å². The summed E-state index contributed by atoms with van der Waals surface area (Å²) < 4.78 is 344. The molecule has 0 radical (unpaired) electrons. The van der Waals surface area contributed by atoms with E-state index < -0.39 is 331 Å². The molecule has 143 heavy (non-hydrogen) atoms. The van der Waals surface area contributed by atoms with Gasteiger partial charge in [-0.25, -0.2) is 33.7 Å². The molecule has 0 bridgehead atoms. The van der Waals surface area contributed by atoms with Gasteiger partial charge in [0.15, 0.2) is 25.2 Å². The van der Waals surface area contributed by atoms with E-state index in [1.165, 1.54) is 0 Å². The normalized spacial score (nSPS) is 33.8. The summed E-state index contributed by atoms with van der Waals surface area (Å²) >= 11 is 0. The Balaban J connectivity index is -0.000000342. The minimum Gasteiger partial charge on any atom is -0.726 e. The Morgan fingerprint density at radius 3 is 0.678 bits per heavy atom. The second-order valence-electron chi connectivity index (χ2n) is 25.1. The van der Waals surface area contributed by atoms with Crippen molar-refractivity contribution in [3.8, 4) is 0 Å². The summed E-state index contributed by atoms with van der Waals surface area (Å²) in [5, 5.41) is 144. The van der Waals surface area contributed by atoms with Gasteiger partial charge in [-0.1, -0.05) is 24.2 Å². The van der Waals surface area contributed by atoms with Crippen LogP contribution in [-0.4, -0.2) is 454 Å². The van der Waals surface area contributed by atoms with Gasteiger partial charge in [0.1, 0.15) is 98.4 Å². The third kappa shape index (κ3) is 69.6. The van der Waals surface area contributed by atoms with Crippen LogP contribution in [0.15, 0.2) is 0 Å². The Morgan fingerprint density at radius 1 is 0.280 bits per heavy atom. The van der Waals surface area contributed by atoms with E-state index in [-0.39, 0.29) is 386 Å². The molecular formula is C53H77N5Na12O65S8. The van der Waals surface area contributed by atoms with Gasteiger partial charge in [0.25, 0.3) is 0 Å². The molecule has 8 aliphatic heterocycles. The number of hydrogen-bond acceptors (Lipinski definition) is 66. The molecule has 8 saturated heterocycles. The average molecular weight is 2360 g/mol. The topological polar surface area (TPSA) is 1140 Å². The summed E-state index contributed by atoms with van der Waals surface area (Å²) in [6.45, 7) is -2.11. The molecule has 70 nitrogen and oxygen atoms in total. The molecule has 8 fully saturated rings. The first kappa shape index (κ1) is 177. The first-order chi connectivity index (χ1) is 60.6. The zero-order chi connectivity index (χ0) is 101. The van der Waals surface area contributed by atoms with Gasteiger partial charge in [-0.2, -0.15) is 64.8 Å². The molecule has 8 rings (SSSR count). The molecule has 0 aromatic carbocycles. The number of hydrogen-bond donors (Lipinski definition) is 14. The average Bonchev–Trinajstić information content (AvgIpc) is 0.781. The molecule has 8 heterocycles. The van der Waals surface area contributed by atoms with Crippen molar-refractivity contribution in [1.29, 1.82) is 0 Å². The van der Waals surface area contributed by atoms with Crippen LogP contribution in [0.4, 0.5) is 0 Å². The standard InChI is InChI=1S/C49H81N5O45S4.4CO2.12Na.4O3S/c50-4-2-1-3-5-80-46-35(64)27(56)14(6-81-46)90-43-23(52)32(61)39(19(94-43)11-86-101(71,72)73)98-48-37(66)29(58)16(8-83-48)92-45-25(54)34(63)41(21(96-45)13-88-103(77,78)79)99-49-38(67)30(59)17(9-84-49)91-44-24(53)33(62)40(20(95-44)12-87-102(74,75)76)97-47-36(65)28(57)15(7-82-47)89-42-22(51)31(60)26(55)18(93-42)10-85-100(68,69)70;4*2-1-3;;;;;;;;;;;;;4*1-4(2)3/h6-9,14-49,51-67H,1-5,10-13,50H2,(H,68,69,70)(H,71,72,73)(H,74,75,76)(H,77,78,79);;;;;;;;;;;;;;;;;;;;/q-8;;;;;12*+1;;;;/p-4/t14-,15-,16-,17-,18?,19?,20?,21?,22?,23?,24?,25?,26-,27+,28-,29-,30+,31-,32-,33-,34-,35?,36?,37?,38?,39-,40-,41-,42+,43+,44+,45+,46-,47+,48+,49+;;;;;;;;;;;;;;;;;;;;/m1..................../s1. The molecule has 12 unspecified atom stereocenters. The Hall–Kier alpha value is 6.12. The van der Waals surface area contributed by atoms with Gasteiger partial charge in [-0.15, -0.1) is 50.5 Å². The molecular weight excluding hydrogens is 2280 g/mol. The number of unbranched alkanes of at least 4 members (excludes halogenated alkanes) is 2. The summed E-state index contributed by atoms with van der Waals surface area (Å²) in [5.41, 5.74) is 39.8. The summed E-state index contributed by atoms with van der Waals surface area (Å²) in [5.74, 6) is 0. The molecule has 0 aromatic heterocycles. The van der Waals surface area contributed by atoms with Crippen molar-refractivity contribution in [1.82, 2.24) is 0 Å². The smallest absolute Gasteiger partial charge is 0.726 e. The van der Waals surface area contributed by atoms with Crippen LogP contribution < -0.4 is 360 Å². The largest absolute Gasteiger partial charge is 1.00 e. The number of aliphatic hydroxyl groups is 13. The SMILES string of the molecule is O=C=O.O=C=O.O=C=O.O=C=O.O=S(=O)=O.O=S(=O)=O.O=S(=O)=O.O=S(=O)=O.[NH-]C1[C@@H](O[C@@H]2[CH-]O[C@@H](O[C@@H]3C(COS(=O)(=O)[O-])O[C@H](O[C@@H]4[CH-]O[C@@H](O[C@@H]5C(COS(=O)(=O)[O-])O[C@H](O[C@@H]6[CH-]O[C@@H](O[C@@H]7C(COS(=O)(=O)[O-])O[C@H](O[C@@H]8[CH-]O[C@@H](OCCCCCN)C(O)[C@H]8O)C([NH-])[C@H]7O)C(O)[C@@H]6O)C([NH-])[C@H]5O)C(O)[C@H]4O)C([NH-])[C@H]3O)C(O)[C@@H]2O)OC(COS(=O)(=O)[O-])[C@@H](O)[C@@H]1O.[Na+].[Na+].[Na+].[Na+].[Na+].[Na+].[Na+].[Na+].[Na+].[Na+].[Na+].[Na+]. The van der Waals surface area contributed by atoms with Crippen molar-refractivity contribution in [3.05, 3.63) is 49.4 Å². The molecule has 0 amide bonds. The maximum atomic E-state index is 11.7. The van der Waals surface area contributed by atoms with Gasteiger partial charge in [0.05, 0.1) is 75.3 Å². The van der Waals surface area contributed by atoms with E-state index in [9.17, 15) is 118 Å². The zero-order valence-corrected chi connectivity index (χ0v) is 107. The van der Waals surface area contributed by atoms with E-state index >= 15 is 0 Å². The Kier molecular flexibility index (Phi) is 113. The molecule has 36 atom stereocenters. The predicted octanol–water partition coefficient (Wildman–Crippen LogP) is -54.2. The van der Waals surface area contributed by atoms with Crippen LogP contribution in [0.25, 0.3) is 22.9 Å². The van der Waals surface area contributed by atoms with E-state index in [0.717, 1.165) is 6.61 Å². The fourth-order valence-corrected chi connectivity index (χ4v) is 12.3. The van der Waals surface area contributed by atoms with Gasteiger partial charge >= 0.3 is 422 Å². The minimum atomic E-state index is -5.66. The van der Waals surface area contributed by atoms with Crippen LogP contribution in [0.3, 0.4) is 0 Å². The first-order valence-corrected chi connectivity index (χ1v) is 43.6. The van der Waals surface area contributed by atoms with Crippen molar-refractivity contribution in [2.24, 2.45) is 5.73 Å². The quantitative estimate of drug-likeness (QED) is 0.00978. The van der Waals surface area contributed by atoms with Gasteiger partial charge in [-0.05, 0) is 50.2 Å². The van der Waals surface area contributed by atoms with Gasteiger partial charge in [-0.3, -0.25) is 16.7 Å². The Morgan fingerprint density at radius 2 is 0.469 bits per heavy atom. The van der Waals surface area contributed by atoms with Gasteiger partial charge in [0.2, 0.25) is 41.6 Å². The zero-order valence-electron chi connectivity index (χ0n) is 76.3. The van der Waals surface area contributed by atoms with Crippen LogP contribution >= 0.6 is 0 Å². The summed E-state index contributed by atoms with van der Waals surface area (Å²) in [7, 11) is -34.6. The maximum absolute atomic E-state index is 11.7. The molecule has 0 spiro atoms. The van der Waals surface area contributed by atoms with Crippen LogP contribution in [0.5, 0.6) is 0 Å². The second-order valence-corrected chi connectivity index (χ2v) is 30.9. The van der Waals surface area contributed by atoms with Crippen molar-refractivity contribution in [2.75, 3.05) is 39.6 Å². The number of ether oxygens (including phenoxy) is 16. The minimum absolute atomic E-state index is 0. The summed E-state index contributed by atoms with van der Waals surface area (Å²) in [6, 6.07) is -8.24. The number of nitrogens with one attached hydrogen (secondary N) is 4. The van der Waals surface area contributed by atoms with Crippen LogP contribution in [-0.2, 0) is 215 Å². The second kappa shape index (κ2) is 91.6. The number of nitrogens with two attached hydrogens (primary N) is 1. The van der Waals surface area contributed by atoms with E-state index in [1.54, 1.807) is 0 Å². The van der Waals surface area contributed by atoms with E-state index in [4.69, 9.17) is 193 Å². The summed E-state index contributed by atoms with van der Waals surface area (Å²) in [4.78, 5) is 65.0. The summed E-state index contributed by atoms with van der Waals surface area (Å²) in [6.07, 6.45) is -63.2.